The molecule has 34 heavy (non-hydrogen) atoms. The maximum Gasteiger partial charge on any atom is 0.326 e. The van der Waals surface area contributed by atoms with Crippen molar-refractivity contribution in [1.82, 2.24) is 19.9 Å². The summed E-state index contributed by atoms with van der Waals surface area (Å²) in [5.74, 6) is 1.57. The Balaban J connectivity index is 1.36. The average molecular weight is 460 g/mol. The second kappa shape index (κ2) is 7.02. The molecule has 4 N–H and O–H groups in total. The second-order valence-corrected chi connectivity index (χ2v) is 9.95. The van der Waals surface area contributed by atoms with E-state index >= 15 is 0 Å². The van der Waals surface area contributed by atoms with Crippen LogP contribution in [0, 0.1) is 11.2 Å². The van der Waals surface area contributed by atoms with Crippen LogP contribution >= 0.6 is 0 Å². The van der Waals surface area contributed by atoms with E-state index in [0.717, 1.165) is 47.2 Å². The summed E-state index contributed by atoms with van der Waals surface area (Å²) in [6.07, 6.45) is 6.39. The molecule has 1 aromatic carbocycles. The number of halogens is 1. The van der Waals surface area contributed by atoms with E-state index in [1.807, 2.05) is 12.1 Å². The van der Waals surface area contributed by atoms with Gasteiger partial charge in [0.1, 0.15) is 23.0 Å². The number of pyridine rings is 1. The van der Waals surface area contributed by atoms with E-state index in [2.05, 4.69) is 25.2 Å². The molecule has 0 unspecified atom stereocenters. The van der Waals surface area contributed by atoms with E-state index < -0.39 is 0 Å². The molecule has 4 aromatic rings. The molecule has 1 spiro atoms. The Kier molecular flexibility index (Phi) is 4.12. The highest BCUT2D eigenvalue weighted by atomic mass is 19.1. The maximum absolute atomic E-state index is 14.5. The third kappa shape index (κ3) is 3.10. The van der Waals surface area contributed by atoms with E-state index in [9.17, 15) is 4.39 Å². The molecular weight excluding hydrogens is 433 g/mol. The number of hydrogen-bond donors (Lipinski definition) is 3. The molecule has 0 bridgehead atoms. The quantitative estimate of drug-likeness (QED) is 0.409. The number of anilines is 2. The molecule has 7 rings (SSSR count). The van der Waals surface area contributed by atoms with Crippen LogP contribution in [0.25, 0.3) is 21.9 Å². The van der Waals surface area contributed by atoms with Gasteiger partial charge in [0.05, 0.1) is 22.8 Å². The number of nitrogens with zero attached hydrogens (tertiary/aromatic N) is 4. The molecule has 1 atom stereocenters. The van der Waals surface area contributed by atoms with Gasteiger partial charge in [-0.3, -0.25) is 4.98 Å². The van der Waals surface area contributed by atoms with Crippen molar-refractivity contribution < 1.29 is 9.13 Å². The minimum atomic E-state index is -0.317. The van der Waals surface area contributed by atoms with Gasteiger partial charge in [-0.15, -0.1) is 0 Å². The topological polar surface area (TPSA) is 105 Å². The Morgan fingerprint density at radius 1 is 1.24 bits per heavy atom. The number of nitrogens with one attached hydrogen (secondary N) is 2. The zero-order chi connectivity index (χ0) is 23.0. The maximum atomic E-state index is 14.5. The Morgan fingerprint density at radius 2 is 2.09 bits per heavy atom. The highest BCUT2D eigenvalue weighted by Crippen LogP contribution is 2.53. The molecule has 3 aromatic heterocycles. The predicted molar refractivity (Wildman–Crippen MR) is 129 cm³/mol. The second-order valence-electron chi connectivity index (χ2n) is 9.95. The van der Waals surface area contributed by atoms with E-state index in [4.69, 9.17) is 15.5 Å². The summed E-state index contributed by atoms with van der Waals surface area (Å²) in [5, 5.41) is 4.59. The summed E-state index contributed by atoms with van der Waals surface area (Å²) in [5.41, 5.74) is 9.82. The summed E-state index contributed by atoms with van der Waals surface area (Å²) in [6.45, 7) is 1.53. The first-order chi connectivity index (χ1) is 16.5. The van der Waals surface area contributed by atoms with Crippen molar-refractivity contribution in [3.63, 3.8) is 0 Å². The third-order valence-corrected chi connectivity index (χ3v) is 7.62. The lowest BCUT2D eigenvalue weighted by Gasteiger charge is -2.19. The van der Waals surface area contributed by atoms with Crippen LogP contribution in [0.4, 0.5) is 15.9 Å². The lowest BCUT2D eigenvalue weighted by Crippen LogP contribution is -2.30. The molecule has 0 radical (unpaired) electrons. The Hall–Kier alpha value is -3.46. The zero-order valence-electron chi connectivity index (χ0n) is 18.9. The predicted octanol–water partition coefficient (Wildman–Crippen LogP) is 4.28. The van der Waals surface area contributed by atoms with Gasteiger partial charge in [0.15, 0.2) is 0 Å². The van der Waals surface area contributed by atoms with Gasteiger partial charge < -0.3 is 25.7 Å². The number of hydrogen-bond acceptors (Lipinski definition) is 7. The number of benzene rings is 1. The number of nitrogens with two attached hydrogens (primary N) is 1. The van der Waals surface area contributed by atoms with Crippen LogP contribution in [0.15, 0.2) is 30.5 Å². The van der Waals surface area contributed by atoms with Gasteiger partial charge in [0.2, 0.25) is 0 Å². The van der Waals surface area contributed by atoms with Crippen molar-refractivity contribution in [1.29, 1.82) is 0 Å². The molecule has 1 saturated heterocycles. The van der Waals surface area contributed by atoms with Gasteiger partial charge in [-0.1, -0.05) is 0 Å². The van der Waals surface area contributed by atoms with Crippen molar-refractivity contribution in [3.05, 3.63) is 42.0 Å². The van der Waals surface area contributed by atoms with Crippen LogP contribution in [0.3, 0.4) is 0 Å². The molecule has 1 aliphatic heterocycles. The van der Waals surface area contributed by atoms with E-state index in [0.29, 0.717) is 29.5 Å². The monoisotopic (exact) mass is 459 g/mol. The summed E-state index contributed by atoms with van der Waals surface area (Å²) >= 11 is 0. The molecule has 8 nitrogen and oxygen atoms in total. The first-order valence-corrected chi connectivity index (χ1v) is 11.9. The van der Waals surface area contributed by atoms with E-state index in [1.54, 1.807) is 13.2 Å². The number of fused-ring (bicyclic) bond motifs is 3. The number of rotatable bonds is 5. The van der Waals surface area contributed by atoms with Gasteiger partial charge in [-0.2, -0.15) is 9.97 Å². The summed E-state index contributed by atoms with van der Waals surface area (Å²) < 4.78 is 20.6. The smallest absolute Gasteiger partial charge is 0.326 e. The van der Waals surface area contributed by atoms with E-state index in [-0.39, 0.29) is 23.3 Å². The number of aromatic amines is 1. The average Bonchev–Trinajstić information content (AvgIpc) is 3.74. The minimum absolute atomic E-state index is 0.0934. The first-order valence-electron chi connectivity index (χ1n) is 11.9. The largest absolute Gasteiger partial charge is 0.423 e. The third-order valence-electron chi connectivity index (χ3n) is 7.62. The van der Waals surface area contributed by atoms with Crippen LogP contribution in [-0.2, 0) is 0 Å². The van der Waals surface area contributed by atoms with Crippen molar-refractivity contribution in [2.45, 2.75) is 37.6 Å². The molecule has 2 saturated carbocycles. The van der Waals surface area contributed by atoms with E-state index in [1.165, 1.54) is 25.0 Å². The fraction of sp³-hybridized carbons (Fsp3) is 0.400. The fourth-order valence-electron chi connectivity index (χ4n) is 5.32. The minimum Gasteiger partial charge on any atom is -0.423 e. The Morgan fingerprint density at radius 3 is 2.76 bits per heavy atom. The molecule has 3 fully saturated rings. The van der Waals surface area contributed by atoms with Crippen molar-refractivity contribution in [3.8, 4) is 11.8 Å². The van der Waals surface area contributed by atoms with Crippen molar-refractivity contribution >= 4 is 33.4 Å². The van der Waals surface area contributed by atoms with Crippen LogP contribution in [0.5, 0.6) is 11.8 Å². The standard InChI is InChI=1S/C25H26FN7O/c1-28-18-9-14(26)8-16-20-22(30-21(16)18)31-24(34-15-4-5-17(29-10-15)13-2-3-13)32-23(20)33-11-19(27)25(12-33)6-7-25/h4-5,8-10,13,19,28H,2-3,6-7,11-12,27H2,1H3,(H,30,31,32)/t19-/m0/s1. The van der Waals surface area contributed by atoms with Crippen LogP contribution in [0.2, 0.25) is 0 Å². The number of aromatic nitrogens is 4. The highest BCUT2D eigenvalue weighted by Gasteiger charge is 2.54. The Labute approximate surface area is 195 Å². The lowest BCUT2D eigenvalue weighted by atomic mass is 10.0. The van der Waals surface area contributed by atoms with Gasteiger partial charge >= 0.3 is 6.01 Å². The summed E-state index contributed by atoms with van der Waals surface area (Å²) in [7, 11) is 1.77. The molecule has 3 aliphatic rings. The zero-order valence-corrected chi connectivity index (χ0v) is 18.9. The fourth-order valence-corrected chi connectivity index (χ4v) is 5.32. The lowest BCUT2D eigenvalue weighted by molar-refractivity contribution is 0.441. The van der Waals surface area contributed by atoms with Gasteiger partial charge in [0.25, 0.3) is 0 Å². The Bertz CT molecular complexity index is 1430. The molecule has 2 aliphatic carbocycles. The van der Waals surface area contributed by atoms with Gasteiger partial charge in [-0.05, 0) is 49.9 Å². The summed E-state index contributed by atoms with van der Waals surface area (Å²) in [4.78, 5) is 19.6. The van der Waals surface area contributed by atoms with Crippen LogP contribution < -0.4 is 20.7 Å². The highest BCUT2D eigenvalue weighted by molar-refractivity contribution is 6.14. The van der Waals surface area contributed by atoms with Crippen LogP contribution in [0.1, 0.15) is 37.3 Å². The first kappa shape index (κ1) is 20.0. The molecule has 0 amide bonds. The summed E-state index contributed by atoms with van der Waals surface area (Å²) in [6, 6.07) is 7.25. The molecule has 4 heterocycles. The number of ether oxygens (including phenoxy) is 1. The molecular formula is C25H26FN7O. The number of H-pyrrole nitrogens is 1. The van der Waals surface area contributed by atoms with Gasteiger partial charge in [0, 0.05) is 48.6 Å². The van der Waals surface area contributed by atoms with Gasteiger partial charge in [-0.25, -0.2) is 4.39 Å². The van der Waals surface area contributed by atoms with Crippen molar-refractivity contribution in [2.75, 3.05) is 30.4 Å². The van der Waals surface area contributed by atoms with Crippen molar-refractivity contribution in [2.24, 2.45) is 11.1 Å². The van der Waals surface area contributed by atoms with Crippen LogP contribution in [-0.4, -0.2) is 46.1 Å². The molecule has 174 valence electrons. The SMILES string of the molecule is CNc1cc(F)cc2c1[nH]c1nc(Oc3ccc(C4CC4)nc3)nc(N3C[C@H](N)C4(CC4)C3)c12. The normalized spacial score (nSPS) is 21.0. The molecule has 9 heteroatoms.